The molecule has 3 aromatic rings. The molecular weight excluding hydrogens is 447 g/mol. The molecule has 0 aliphatic rings. The lowest BCUT2D eigenvalue weighted by atomic mass is 10.2. The molecule has 0 aliphatic carbocycles. The highest BCUT2D eigenvalue weighted by Gasteiger charge is 2.28. The van der Waals surface area contributed by atoms with Crippen molar-refractivity contribution in [3.63, 3.8) is 0 Å². The van der Waals surface area contributed by atoms with E-state index in [0.717, 1.165) is 0 Å². The van der Waals surface area contributed by atoms with Crippen molar-refractivity contribution in [3.05, 3.63) is 59.1 Å². The van der Waals surface area contributed by atoms with E-state index in [1.165, 1.54) is 49.8 Å². The number of carbonyl (C=O) groups excluding carboxylic acids is 2. The number of amides is 2. The third-order valence-corrected chi connectivity index (χ3v) is 5.08. The first-order valence-electron chi connectivity index (χ1n) is 9.15. The monoisotopic (exact) mass is 465 g/mol. The summed E-state index contributed by atoms with van der Waals surface area (Å²) >= 11 is 1.23. The minimum absolute atomic E-state index is 0.0212. The lowest BCUT2D eigenvalue weighted by Crippen LogP contribution is -2.33. The molecule has 11 heteroatoms. The molecule has 0 bridgehead atoms. The number of aromatic nitrogens is 1. The molecule has 0 saturated heterocycles. The van der Waals surface area contributed by atoms with Crippen LogP contribution in [-0.2, 0) is 0 Å². The van der Waals surface area contributed by atoms with Gasteiger partial charge >= 0.3 is 6.18 Å². The highest BCUT2D eigenvalue weighted by molar-refractivity contribution is 7.13. The SMILES string of the molecule is COc1cccc(-c2nc(C(=O)Nc3cccc(C(=O)NCC(F)(F)F)c3)cs2)c1OC. The van der Waals surface area contributed by atoms with E-state index >= 15 is 0 Å². The molecule has 0 aliphatic heterocycles. The summed E-state index contributed by atoms with van der Waals surface area (Å²) in [6.45, 7) is -1.45. The fourth-order valence-electron chi connectivity index (χ4n) is 2.77. The summed E-state index contributed by atoms with van der Waals surface area (Å²) in [5.74, 6) is -0.442. The van der Waals surface area contributed by atoms with Gasteiger partial charge in [0.25, 0.3) is 11.8 Å². The van der Waals surface area contributed by atoms with E-state index in [1.807, 2.05) is 0 Å². The molecule has 1 heterocycles. The minimum Gasteiger partial charge on any atom is -0.493 e. The van der Waals surface area contributed by atoms with E-state index in [1.54, 1.807) is 28.9 Å². The maximum atomic E-state index is 12.6. The van der Waals surface area contributed by atoms with Crippen LogP contribution in [0.4, 0.5) is 18.9 Å². The van der Waals surface area contributed by atoms with Crippen molar-refractivity contribution in [2.24, 2.45) is 0 Å². The van der Waals surface area contributed by atoms with E-state index < -0.39 is 24.5 Å². The Bertz CT molecular complexity index is 1130. The highest BCUT2D eigenvalue weighted by atomic mass is 32.1. The van der Waals surface area contributed by atoms with Crippen LogP contribution in [-0.4, -0.2) is 43.7 Å². The van der Waals surface area contributed by atoms with Gasteiger partial charge in [-0.15, -0.1) is 11.3 Å². The summed E-state index contributed by atoms with van der Waals surface area (Å²) in [4.78, 5) is 28.9. The summed E-state index contributed by atoms with van der Waals surface area (Å²) in [6.07, 6.45) is -4.52. The zero-order chi connectivity index (χ0) is 23.3. The molecule has 0 spiro atoms. The fraction of sp³-hybridized carbons (Fsp3) is 0.190. The van der Waals surface area contributed by atoms with E-state index in [-0.39, 0.29) is 16.9 Å². The molecule has 0 saturated carbocycles. The number of methoxy groups -OCH3 is 2. The van der Waals surface area contributed by atoms with Crippen molar-refractivity contribution in [2.45, 2.75) is 6.18 Å². The van der Waals surface area contributed by atoms with E-state index in [4.69, 9.17) is 9.47 Å². The van der Waals surface area contributed by atoms with Gasteiger partial charge in [-0.25, -0.2) is 4.98 Å². The number of alkyl halides is 3. The number of ether oxygens (including phenoxy) is 2. The number of carbonyl (C=O) groups is 2. The Morgan fingerprint density at radius 3 is 2.50 bits per heavy atom. The van der Waals surface area contributed by atoms with Crippen LogP contribution >= 0.6 is 11.3 Å². The van der Waals surface area contributed by atoms with Gasteiger partial charge in [-0.1, -0.05) is 12.1 Å². The first-order valence-corrected chi connectivity index (χ1v) is 10.0. The van der Waals surface area contributed by atoms with E-state index in [0.29, 0.717) is 22.1 Å². The Hall–Kier alpha value is -3.60. The molecule has 3 rings (SSSR count). The van der Waals surface area contributed by atoms with Crippen molar-refractivity contribution in [1.29, 1.82) is 0 Å². The zero-order valence-electron chi connectivity index (χ0n) is 16.9. The number of thiazole rings is 1. The Morgan fingerprint density at radius 1 is 1.06 bits per heavy atom. The molecule has 0 unspecified atom stereocenters. The van der Waals surface area contributed by atoms with E-state index in [9.17, 15) is 22.8 Å². The number of anilines is 1. The largest absolute Gasteiger partial charge is 0.493 e. The number of nitrogens with one attached hydrogen (secondary N) is 2. The third-order valence-electron chi connectivity index (χ3n) is 4.20. The molecule has 0 fully saturated rings. The summed E-state index contributed by atoms with van der Waals surface area (Å²) in [5.41, 5.74) is 0.997. The second kappa shape index (κ2) is 9.69. The Kier molecular flexibility index (Phi) is 6.98. The lowest BCUT2D eigenvalue weighted by Gasteiger charge is -2.10. The van der Waals surface area contributed by atoms with Crippen molar-refractivity contribution >= 4 is 28.8 Å². The van der Waals surface area contributed by atoms with Crippen LogP contribution in [0, 0.1) is 0 Å². The minimum atomic E-state index is -4.52. The summed E-state index contributed by atoms with van der Waals surface area (Å²) in [5, 5.41) is 6.46. The van der Waals surface area contributed by atoms with Crippen molar-refractivity contribution < 1.29 is 32.2 Å². The van der Waals surface area contributed by atoms with Crippen molar-refractivity contribution in [2.75, 3.05) is 26.1 Å². The number of rotatable bonds is 7. The molecule has 7 nitrogen and oxygen atoms in total. The second-order valence-corrected chi connectivity index (χ2v) is 7.27. The van der Waals surface area contributed by atoms with Crippen LogP contribution in [0.5, 0.6) is 11.5 Å². The standard InChI is InChI=1S/C21H18F3N3O4S/c1-30-16-8-4-7-14(17(16)31-2)20-27-15(10-32-20)19(29)26-13-6-3-5-12(9-13)18(28)25-11-21(22,23)24/h3-10H,11H2,1-2H3,(H,25,28)(H,26,29). The molecule has 32 heavy (non-hydrogen) atoms. The average Bonchev–Trinajstić information content (AvgIpc) is 3.26. The summed E-state index contributed by atoms with van der Waals surface area (Å²) in [6, 6.07) is 10.9. The zero-order valence-corrected chi connectivity index (χ0v) is 17.8. The second-order valence-electron chi connectivity index (χ2n) is 6.41. The van der Waals surface area contributed by atoms with Crippen LogP contribution in [0.25, 0.3) is 10.6 Å². The van der Waals surface area contributed by atoms with Gasteiger partial charge in [0.2, 0.25) is 0 Å². The maximum absolute atomic E-state index is 12.6. The smallest absolute Gasteiger partial charge is 0.405 e. The first-order chi connectivity index (χ1) is 15.2. The molecule has 0 atom stereocenters. The normalized spacial score (nSPS) is 11.0. The average molecular weight is 465 g/mol. The van der Waals surface area contributed by atoms with Gasteiger partial charge in [0.1, 0.15) is 17.2 Å². The summed E-state index contributed by atoms with van der Waals surface area (Å²) in [7, 11) is 3.01. The van der Waals surface area contributed by atoms with Crippen LogP contribution < -0.4 is 20.1 Å². The Morgan fingerprint density at radius 2 is 1.81 bits per heavy atom. The third kappa shape index (κ3) is 5.55. The molecule has 2 amide bonds. The molecular formula is C21H18F3N3O4S. The topological polar surface area (TPSA) is 89.5 Å². The van der Waals surface area contributed by atoms with Gasteiger partial charge in [-0.05, 0) is 30.3 Å². The van der Waals surface area contributed by atoms with Crippen molar-refractivity contribution in [1.82, 2.24) is 10.3 Å². The van der Waals surface area contributed by atoms with Gasteiger partial charge in [0, 0.05) is 16.6 Å². The predicted octanol–water partition coefficient (Wildman–Crippen LogP) is 4.37. The highest BCUT2D eigenvalue weighted by Crippen LogP contribution is 2.39. The van der Waals surface area contributed by atoms with Crippen LogP contribution in [0.2, 0.25) is 0 Å². The van der Waals surface area contributed by atoms with Crippen LogP contribution in [0.1, 0.15) is 20.8 Å². The fourth-order valence-corrected chi connectivity index (χ4v) is 3.59. The van der Waals surface area contributed by atoms with Gasteiger partial charge in [0.05, 0.1) is 19.8 Å². The number of halogens is 3. The Labute approximate surface area is 185 Å². The van der Waals surface area contributed by atoms with Crippen LogP contribution in [0.3, 0.4) is 0 Å². The van der Waals surface area contributed by atoms with Gasteiger partial charge in [-0.3, -0.25) is 9.59 Å². The van der Waals surface area contributed by atoms with Gasteiger partial charge < -0.3 is 20.1 Å². The van der Waals surface area contributed by atoms with Crippen LogP contribution in [0.15, 0.2) is 47.8 Å². The molecule has 2 aromatic carbocycles. The molecule has 1 aromatic heterocycles. The molecule has 2 N–H and O–H groups in total. The number of benzene rings is 2. The predicted molar refractivity (Wildman–Crippen MR) is 113 cm³/mol. The lowest BCUT2D eigenvalue weighted by molar-refractivity contribution is -0.123. The first kappa shape index (κ1) is 23.1. The number of hydrogen-bond donors (Lipinski definition) is 2. The molecule has 168 valence electrons. The maximum Gasteiger partial charge on any atom is 0.405 e. The summed E-state index contributed by atoms with van der Waals surface area (Å²) < 4.78 is 47.6. The molecule has 0 radical (unpaired) electrons. The number of para-hydroxylation sites is 1. The van der Waals surface area contributed by atoms with Crippen molar-refractivity contribution in [3.8, 4) is 22.1 Å². The Balaban J connectivity index is 1.74. The number of hydrogen-bond acceptors (Lipinski definition) is 6. The van der Waals surface area contributed by atoms with E-state index in [2.05, 4.69) is 10.3 Å². The quantitative estimate of drug-likeness (QED) is 0.541. The number of nitrogens with zero attached hydrogens (tertiary/aromatic N) is 1. The van der Waals surface area contributed by atoms with Gasteiger partial charge in [-0.2, -0.15) is 13.2 Å². The van der Waals surface area contributed by atoms with Gasteiger partial charge in [0.15, 0.2) is 11.5 Å².